The molecule has 0 unspecified atom stereocenters. The molecule has 49 heavy (non-hydrogen) atoms. The molecule has 8 aromatic rings. The van der Waals surface area contributed by atoms with Gasteiger partial charge in [0.15, 0.2) is 0 Å². The number of halogens is 5. The van der Waals surface area contributed by atoms with Crippen molar-refractivity contribution in [3.05, 3.63) is 193 Å². The lowest BCUT2D eigenvalue weighted by Gasteiger charge is -2.24. The van der Waals surface area contributed by atoms with Crippen molar-refractivity contribution >= 4 is 110 Å². The quantitative estimate of drug-likeness (QED) is 0.173. The van der Waals surface area contributed by atoms with Crippen LogP contribution in [-0.4, -0.2) is 0 Å². The molecule has 6 aromatic carbocycles. The average Bonchev–Trinajstić information content (AvgIpc) is 3.70. The number of rotatable bonds is 5. The van der Waals surface area contributed by atoms with Crippen LogP contribution in [0.5, 0.6) is 0 Å². The second-order valence-corrected chi connectivity index (χ2v) is 14.5. The third-order valence-electron chi connectivity index (χ3n) is 7.45. The van der Waals surface area contributed by atoms with Gasteiger partial charge in [-0.2, -0.15) is 0 Å². The van der Waals surface area contributed by atoms with E-state index < -0.39 is 0 Å². The first kappa shape index (κ1) is 35.1. The van der Waals surface area contributed by atoms with Gasteiger partial charge in [0, 0.05) is 57.6 Å². The minimum Gasteiger partial charge on any atom is -0.464 e. The molecule has 0 fully saturated rings. The van der Waals surface area contributed by atoms with Crippen LogP contribution < -0.4 is 4.90 Å². The van der Waals surface area contributed by atoms with E-state index >= 15 is 0 Å². The first-order valence-corrected chi connectivity index (χ1v) is 18.4. The topological polar surface area (TPSA) is 29.5 Å². The van der Waals surface area contributed by atoms with Crippen LogP contribution in [0.1, 0.15) is 11.1 Å². The van der Waals surface area contributed by atoms with E-state index in [-0.39, 0.29) is 0 Å². The highest BCUT2D eigenvalue weighted by Crippen LogP contribution is 2.41. The molecule has 0 aliphatic heterocycles. The smallest absolute Gasteiger partial charge is 0.136 e. The van der Waals surface area contributed by atoms with Crippen molar-refractivity contribution in [3.8, 4) is 0 Å². The summed E-state index contributed by atoms with van der Waals surface area (Å²) in [6, 6.07) is 48.3. The van der Waals surface area contributed by atoms with E-state index in [1.165, 1.54) is 16.5 Å². The largest absolute Gasteiger partial charge is 0.464 e. The molecule has 3 nitrogen and oxygen atoms in total. The Morgan fingerprint density at radius 2 is 1.00 bits per heavy atom. The van der Waals surface area contributed by atoms with E-state index in [0.717, 1.165) is 58.5 Å². The second-order valence-electron chi connectivity index (χ2n) is 10.9. The molecule has 0 saturated carbocycles. The summed E-state index contributed by atoms with van der Waals surface area (Å²) in [5, 5.41) is 3.67. The maximum Gasteiger partial charge on any atom is 0.136 e. The van der Waals surface area contributed by atoms with Gasteiger partial charge in [-0.1, -0.05) is 150 Å². The molecule has 0 N–H and O–H groups in total. The third kappa shape index (κ3) is 9.27. The van der Waals surface area contributed by atoms with E-state index in [4.69, 9.17) is 32.0 Å². The molecule has 2 heterocycles. The molecule has 0 spiro atoms. The first-order chi connectivity index (χ1) is 23.8. The lowest BCUT2D eigenvalue weighted by atomic mass is 10.0. The number of furan rings is 2. The van der Waals surface area contributed by atoms with Gasteiger partial charge in [0.1, 0.15) is 17.4 Å². The highest BCUT2D eigenvalue weighted by molar-refractivity contribution is 9.11. The number of hydrogen-bond donors (Lipinski definition) is 0. The van der Waals surface area contributed by atoms with Crippen LogP contribution in [0.4, 0.5) is 17.1 Å². The van der Waals surface area contributed by atoms with Crippen LogP contribution in [-0.2, 0) is 6.42 Å². The average molecular weight is 877 g/mol. The van der Waals surface area contributed by atoms with E-state index in [0.29, 0.717) is 5.02 Å². The second kappa shape index (κ2) is 16.8. The summed E-state index contributed by atoms with van der Waals surface area (Å²) < 4.78 is 14.2. The van der Waals surface area contributed by atoms with Gasteiger partial charge in [0.05, 0.1) is 12.0 Å². The van der Waals surface area contributed by atoms with Crippen molar-refractivity contribution in [2.45, 2.75) is 6.42 Å². The molecule has 0 atom stereocenters. The fourth-order valence-corrected chi connectivity index (χ4v) is 7.95. The lowest BCUT2D eigenvalue weighted by molar-refractivity contribution is 0.611. The zero-order chi connectivity index (χ0) is 34.2. The lowest BCUT2D eigenvalue weighted by Crippen LogP contribution is -2.09. The van der Waals surface area contributed by atoms with Gasteiger partial charge in [-0.25, -0.2) is 0 Å². The molecule has 0 amide bonds. The SMILES string of the molecule is Clc1cc(Br)cc(Br)c1.Clc1cc(Br)cc(N(c2ccccc2)c2coc3ccccc23)c1.c1ccc(Cc2coc3ccccc23)cc1. The van der Waals surface area contributed by atoms with E-state index in [9.17, 15) is 0 Å². The molecule has 0 radical (unpaired) electrons. The molecular formula is C41H28Br3Cl2NO2. The van der Waals surface area contributed by atoms with Crippen LogP contribution in [0, 0.1) is 0 Å². The van der Waals surface area contributed by atoms with Gasteiger partial charge in [-0.3, -0.25) is 0 Å². The fraction of sp³-hybridized carbons (Fsp3) is 0.0244. The van der Waals surface area contributed by atoms with Gasteiger partial charge >= 0.3 is 0 Å². The summed E-state index contributed by atoms with van der Waals surface area (Å²) in [7, 11) is 0. The number of para-hydroxylation sites is 3. The van der Waals surface area contributed by atoms with E-state index in [1.807, 2.05) is 103 Å². The minimum atomic E-state index is 0.674. The molecule has 0 saturated heterocycles. The van der Waals surface area contributed by atoms with Gasteiger partial charge < -0.3 is 13.7 Å². The van der Waals surface area contributed by atoms with Crippen LogP contribution in [0.15, 0.2) is 180 Å². The Kier molecular flexibility index (Phi) is 12.0. The Morgan fingerprint density at radius 1 is 0.490 bits per heavy atom. The van der Waals surface area contributed by atoms with Crippen molar-refractivity contribution in [1.82, 2.24) is 0 Å². The van der Waals surface area contributed by atoms with E-state index in [2.05, 4.69) is 101 Å². The normalized spacial score (nSPS) is 10.6. The minimum absolute atomic E-state index is 0.674. The maximum atomic E-state index is 6.28. The Labute approximate surface area is 320 Å². The highest BCUT2D eigenvalue weighted by atomic mass is 79.9. The number of anilines is 3. The summed E-state index contributed by atoms with van der Waals surface area (Å²) in [6.07, 6.45) is 4.57. The predicted molar refractivity (Wildman–Crippen MR) is 216 cm³/mol. The maximum absolute atomic E-state index is 6.28. The Morgan fingerprint density at radius 3 is 1.63 bits per heavy atom. The Balaban J connectivity index is 0.000000143. The van der Waals surface area contributed by atoms with Gasteiger partial charge in [0.25, 0.3) is 0 Å². The Hall–Kier alpha value is -3.78. The third-order valence-corrected chi connectivity index (χ3v) is 9.26. The molecule has 0 aliphatic carbocycles. The highest BCUT2D eigenvalue weighted by Gasteiger charge is 2.18. The zero-order valence-electron chi connectivity index (χ0n) is 25.9. The van der Waals surface area contributed by atoms with Crippen molar-refractivity contribution < 1.29 is 8.83 Å². The number of nitrogens with zero attached hydrogens (tertiary/aromatic N) is 1. The molecule has 0 aliphatic rings. The van der Waals surface area contributed by atoms with Crippen molar-refractivity contribution in [2.75, 3.05) is 4.90 Å². The fourth-order valence-electron chi connectivity index (χ4n) is 5.32. The van der Waals surface area contributed by atoms with Crippen LogP contribution >= 0.6 is 71.0 Å². The zero-order valence-corrected chi connectivity index (χ0v) is 32.1. The van der Waals surface area contributed by atoms with Gasteiger partial charge in [0.2, 0.25) is 0 Å². The molecule has 8 rings (SSSR count). The summed E-state index contributed by atoms with van der Waals surface area (Å²) in [6.45, 7) is 0. The molecular weight excluding hydrogens is 849 g/mol. The summed E-state index contributed by atoms with van der Waals surface area (Å²) in [4.78, 5) is 2.14. The van der Waals surface area contributed by atoms with Crippen molar-refractivity contribution in [1.29, 1.82) is 0 Å². The van der Waals surface area contributed by atoms with E-state index in [1.54, 1.807) is 6.26 Å². The molecule has 8 heteroatoms. The number of fused-ring (bicyclic) bond motifs is 2. The number of hydrogen-bond acceptors (Lipinski definition) is 3. The summed E-state index contributed by atoms with van der Waals surface area (Å²) in [5.41, 5.74) is 7.37. The Bertz CT molecular complexity index is 2220. The van der Waals surface area contributed by atoms with Gasteiger partial charge in [-0.05, 0) is 72.3 Å². The molecule has 244 valence electrons. The molecule has 2 aromatic heterocycles. The van der Waals surface area contributed by atoms with Crippen LogP contribution in [0.3, 0.4) is 0 Å². The first-order valence-electron chi connectivity index (χ1n) is 15.2. The predicted octanol–water partition coefficient (Wildman–Crippen LogP) is 15.2. The van der Waals surface area contributed by atoms with Crippen molar-refractivity contribution in [3.63, 3.8) is 0 Å². The van der Waals surface area contributed by atoms with Crippen molar-refractivity contribution in [2.24, 2.45) is 0 Å². The van der Waals surface area contributed by atoms with Crippen LogP contribution in [0.2, 0.25) is 10.0 Å². The summed E-state index contributed by atoms with van der Waals surface area (Å²) >= 11 is 22.1. The summed E-state index contributed by atoms with van der Waals surface area (Å²) in [5.74, 6) is 0. The monoisotopic (exact) mass is 873 g/mol. The standard InChI is InChI=1S/C20H13BrClNO.C15H12O.C6H3Br2Cl/c21-14-10-15(22)12-17(11-14)23(16-6-2-1-3-7-16)19-13-24-20-9-5-4-8-18(19)20;1-2-6-12(7-3-1)10-13-11-16-15-9-5-4-8-14(13)15;7-4-1-5(8)3-6(9)2-4/h1-13H;1-9,11H,10H2;1-3H. The number of benzene rings is 6. The van der Waals surface area contributed by atoms with Gasteiger partial charge in [-0.15, -0.1) is 0 Å². The molecule has 0 bridgehead atoms. The van der Waals surface area contributed by atoms with Crippen LogP contribution in [0.25, 0.3) is 21.9 Å².